The second kappa shape index (κ2) is 8.15. The first-order valence-electron chi connectivity index (χ1n) is 7.28. The molecule has 0 aliphatic heterocycles. The number of benzene rings is 1. The van der Waals surface area contributed by atoms with Gasteiger partial charge in [-0.25, -0.2) is 0 Å². The van der Waals surface area contributed by atoms with Crippen molar-refractivity contribution < 1.29 is 9.59 Å². The average Bonchev–Trinajstić information content (AvgIpc) is 2.46. The van der Waals surface area contributed by atoms with Crippen molar-refractivity contribution in [2.75, 3.05) is 19.6 Å². The predicted molar refractivity (Wildman–Crippen MR) is 88.4 cm³/mol. The van der Waals surface area contributed by atoms with Gasteiger partial charge in [-0.05, 0) is 38.1 Å². The van der Waals surface area contributed by atoms with Crippen molar-refractivity contribution in [3.8, 4) is 0 Å². The van der Waals surface area contributed by atoms with Crippen molar-refractivity contribution >= 4 is 23.4 Å². The average molecular weight is 326 g/mol. The summed E-state index contributed by atoms with van der Waals surface area (Å²) in [6.45, 7) is 7.33. The predicted octanol–water partition coefficient (Wildman–Crippen LogP) is 1.79. The van der Waals surface area contributed by atoms with Crippen molar-refractivity contribution in [1.82, 2.24) is 10.2 Å². The Bertz CT molecular complexity index is 515. The smallest absolute Gasteiger partial charge is 0.234 e. The zero-order chi connectivity index (χ0) is 16.8. The maximum atomic E-state index is 12.0. The molecule has 0 aromatic heterocycles. The lowest BCUT2D eigenvalue weighted by atomic mass is 9.93. The summed E-state index contributed by atoms with van der Waals surface area (Å²) in [7, 11) is 0. The van der Waals surface area contributed by atoms with E-state index in [4.69, 9.17) is 17.3 Å². The molecule has 5 nitrogen and oxygen atoms in total. The fourth-order valence-corrected chi connectivity index (χ4v) is 1.92. The second-order valence-electron chi connectivity index (χ2n) is 5.95. The van der Waals surface area contributed by atoms with E-state index in [0.29, 0.717) is 11.6 Å². The van der Waals surface area contributed by atoms with E-state index in [0.717, 1.165) is 12.1 Å². The van der Waals surface area contributed by atoms with E-state index < -0.39 is 11.3 Å². The first kappa shape index (κ1) is 18.5. The van der Waals surface area contributed by atoms with Crippen molar-refractivity contribution in [3.63, 3.8) is 0 Å². The molecule has 6 heteroatoms. The molecule has 0 unspecified atom stereocenters. The van der Waals surface area contributed by atoms with Gasteiger partial charge < -0.3 is 11.1 Å². The highest BCUT2D eigenvalue weighted by molar-refractivity contribution is 6.30. The summed E-state index contributed by atoms with van der Waals surface area (Å²) in [4.78, 5) is 25.2. The summed E-state index contributed by atoms with van der Waals surface area (Å²) >= 11 is 5.86. The summed E-state index contributed by atoms with van der Waals surface area (Å²) in [6.07, 6.45) is 0. The highest BCUT2D eigenvalue weighted by Crippen LogP contribution is 2.13. The molecule has 1 rings (SSSR count). The third kappa shape index (κ3) is 6.03. The molecular formula is C16H24ClN3O2. The SMILES string of the molecule is CCN(CC(=O)NCC(C)(C)C(N)=O)Cc1ccc(Cl)cc1. The Morgan fingerprint density at radius 3 is 2.36 bits per heavy atom. The Hall–Kier alpha value is -1.59. The Morgan fingerprint density at radius 1 is 1.27 bits per heavy atom. The minimum atomic E-state index is -0.747. The molecule has 0 spiro atoms. The molecule has 122 valence electrons. The molecule has 2 amide bonds. The minimum Gasteiger partial charge on any atom is -0.369 e. The van der Waals surface area contributed by atoms with Crippen LogP contribution in [0.1, 0.15) is 26.3 Å². The van der Waals surface area contributed by atoms with Crippen LogP contribution in [0, 0.1) is 5.41 Å². The fourth-order valence-electron chi connectivity index (χ4n) is 1.79. The molecule has 1 aromatic rings. The Labute approximate surface area is 136 Å². The highest BCUT2D eigenvalue weighted by atomic mass is 35.5. The molecule has 22 heavy (non-hydrogen) atoms. The van der Waals surface area contributed by atoms with E-state index in [9.17, 15) is 9.59 Å². The molecule has 0 heterocycles. The highest BCUT2D eigenvalue weighted by Gasteiger charge is 2.25. The molecule has 0 fully saturated rings. The van der Waals surface area contributed by atoms with Gasteiger partial charge in [0.2, 0.25) is 11.8 Å². The number of hydrogen-bond acceptors (Lipinski definition) is 3. The van der Waals surface area contributed by atoms with E-state index >= 15 is 0 Å². The van der Waals surface area contributed by atoms with Gasteiger partial charge in [0.05, 0.1) is 12.0 Å². The van der Waals surface area contributed by atoms with Crippen LogP contribution >= 0.6 is 11.6 Å². The number of hydrogen-bond donors (Lipinski definition) is 2. The number of likely N-dealkylation sites (N-methyl/N-ethyl adjacent to an activating group) is 1. The second-order valence-corrected chi connectivity index (χ2v) is 6.39. The van der Waals surface area contributed by atoms with E-state index in [1.807, 2.05) is 36.1 Å². The zero-order valence-corrected chi connectivity index (χ0v) is 14.1. The third-order valence-corrected chi connectivity index (χ3v) is 3.78. The fraction of sp³-hybridized carbons (Fsp3) is 0.500. The van der Waals surface area contributed by atoms with Gasteiger partial charge in [-0.1, -0.05) is 30.7 Å². The Balaban J connectivity index is 2.50. The van der Waals surface area contributed by atoms with E-state index in [2.05, 4.69) is 5.32 Å². The first-order valence-corrected chi connectivity index (χ1v) is 7.66. The molecule has 1 aromatic carbocycles. The van der Waals surface area contributed by atoms with Crippen LogP contribution < -0.4 is 11.1 Å². The number of halogens is 1. The summed E-state index contributed by atoms with van der Waals surface area (Å²) < 4.78 is 0. The van der Waals surface area contributed by atoms with Crippen molar-refractivity contribution in [2.45, 2.75) is 27.3 Å². The monoisotopic (exact) mass is 325 g/mol. The van der Waals surface area contributed by atoms with Gasteiger partial charge in [0.25, 0.3) is 0 Å². The topological polar surface area (TPSA) is 75.4 Å². The van der Waals surface area contributed by atoms with Crippen LogP contribution in [-0.4, -0.2) is 36.3 Å². The number of nitrogens with two attached hydrogens (primary N) is 1. The largest absolute Gasteiger partial charge is 0.369 e. The van der Waals surface area contributed by atoms with Gasteiger partial charge in [-0.2, -0.15) is 0 Å². The number of amides is 2. The van der Waals surface area contributed by atoms with E-state index in [1.54, 1.807) is 13.8 Å². The van der Waals surface area contributed by atoms with E-state index in [-0.39, 0.29) is 19.0 Å². The first-order chi connectivity index (χ1) is 10.2. The molecule has 0 radical (unpaired) electrons. The van der Waals surface area contributed by atoms with Crippen molar-refractivity contribution in [3.05, 3.63) is 34.9 Å². The summed E-state index contributed by atoms with van der Waals surface area (Å²) in [5.41, 5.74) is 5.63. The van der Waals surface area contributed by atoms with E-state index in [1.165, 1.54) is 0 Å². The number of primary amides is 1. The van der Waals surface area contributed by atoms with Crippen LogP contribution in [0.4, 0.5) is 0 Å². The summed E-state index contributed by atoms with van der Waals surface area (Å²) in [5, 5.41) is 3.45. The standard InChI is InChI=1S/C16H24ClN3O2/c1-4-20(9-12-5-7-13(17)8-6-12)10-14(21)19-11-16(2,3)15(18)22/h5-8H,4,9-11H2,1-3H3,(H2,18,22)(H,19,21). The van der Waals surface area contributed by atoms with Gasteiger partial charge in [0.15, 0.2) is 0 Å². The molecule has 0 saturated carbocycles. The Kier molecular flexibility index (Phi) is 6.84. The van der Waals surface area contributed by atoms with Crippen LogP contribution in [0.3, 0.4) is 0 Å². The lowest BCUT2D eigenvalue weighted by Gasteiger charge is -2.23. The number of carbonyl (C=O) groups is 2. The number of rotatable bonds is 8. The normalized spacial score (nSPS) is 11.5. The molecule has 3 N–H and O–H groups in total. The van der Waals surface area contributed by atoms with Gasteiger partial charge in [0, 0.05) is 18.1 Å². The number of nitrogens with zero attached hydrogens (tertiary/aromatic N) is 1. The van der Waals surface area contributed by atoms with Gasteiger partial charge in [-0.15, -0.1) is 0 Å². The Morgan fingerprint density at radius 2 is 1.86 bits per heavy atom. The quantitative estimate of drug-likeness (QED) is 0.765. The third-order valence-electron chi connectivity index (χ3n) is 3.53. The van der Waals surface area contributed by atoms with Crippen LogP contribution in [0.15, 0.2) is 24.3 Å². The molecule has 0 atom stereocenters. The van der Waals surface area contributed by atoms with Gasteiger partial charge in [-0.3, -0.25) is 14.5 Å². The van der Waals surface area contributed by atoms with Crippen LogP contribution in [-0.2, 0) is 16.1 Å². The number of nitrogens with one attached hydrogen (secondary N) is 1. The maximum Gasteiger partial charge on any atom is 0.234 e. The minimum absolute atomic E-state index is 0.120. The van der Waals surface area contributed by atoms with Crippen molar-refractivity contribution in [1.29, 1.82) is 0 Å². The lowest BCUT2D eigenvalue weighted by molar-refractivity contribution is -0.127. The molecule has 0 aliphatic carbocycles. The maximum absolute atomic E-state index is 12.0. The lowest BCUT2D eigenvalue weighted by Crippen LogP contribution is -2.45. The molecular weight excluding hydrogens is 302 g/mol. The van der Waals surface area contributed by atoms with Crippen LogP contribution in [0.25, 0.3) is 0 Å². The number of carbonyl (C=O) groups excluding carboxylic acids is 2. The van der Waals surface area contributed by atoms with Crippen LogP contribution in [0.5, 0.6) is 0 Å². The van der Waals surface area contributed by atoms with Gasteiger partial charge >= 0.3 is 0 Å². The van der Waals surface area contributed by atoms with Crippen molar-refractivity contribution in [2.24, 2.45) is 11.1 Å². The molecule has 0 saturated heterocycles. The van der Waals surface area contributed by atoms with Crippen LogP contribution in [0.2, 0.25) is 5.02 Å². The zero-order valence-electron chi connectivity index (χ0n) is 13.4. The molecule has 0 aliphatic rings. The summed E-state index contributed by atoms with van der Waals surface area (Å²) in [5.74, 6) is -0.550. The summed E-state index contributed by atoms with van der Waals surface area (Å²) in [6, 6.07) is 7.55. The molecule has 0 bridgehead atoms. The van der Waals surface area contributed by atoms with Gasteiger partial charge in [0.1, 0.15) is 0 Å².